The average molecular weight is 199 g/mol. The molecule has 13 heavy (non-hydrogen) atoms. The predicted molar refractivity (Wildman–Crippen MR) is 60.7 cm³/mol. The van der Waals surface area contributed by atoms with E-state index in [1.165, 1.54) is 0 Å². The minimum Gasteiger partial charge on any atom is -0.293 e. The number of amidine groups is 1. The molecule has 0 radical (unpaired) electrons. The number of rotatable bonds is 2. The monoisotopic (exact) mass is 199 g/mol. The summed E-state index contributed by atoms with van der Waals surface area (Å²) in [6.07, 6.45) is 3.16. The molecule has 0 saturated heterocycles. The molecule has 0 bridgehead atoms. The summed E-state index contributed by atoms with van der Waals surface area (Å²) in [5, 5.41) is 4.29. The van der Waals surface area contributed by atoms with Gasteiger partial charge < -0.3 is 0 Å². The number of thioether (sulfide) groups is 1. The van der Waals surface area contributed by atoms with E-state index in [9.17, 15) is 0 Å². The molecule has 3 nitrogen and oxygen atoms in total. The van der Waals surface area contributed by atoms with Crippen LogP contribution in [0.1, 0.15) is 27.2 Å². The van der Waals surface area contributed by atoms with Gasteiger partial charge in [-0.1, -0.05) is 11.8 Å². The maximum atomic E-state index is 4.47. The summed E-state index contributed by atoms with van der Waals surface area (Å²) < 4.78 is 0. The van der Waals surface area contributed by atoms with Gasteiger partial charge in [-0.2, -0.15) is 0 Å². The molecule has 1 N–H and O–H groups in total. The molecular formula is C9H17N3S. The van der Waals surface area contributed by atoms with Gasteiger partial charge in [0.05, 0.1) is 0 Å². The van der Waals surface area contributed by atoms with Crippen molar-refractivity contribution in [2.45, 2.75) is 39.4 Å². The van der Waals surface area contributed by atoms with Crippen LogP contribution in [0.5, 0.6) is 0 Å². The van der Waals surface area contributed by atoms with Gasteiger partial charge in [-0.15, -0.1) is 0 Å². The number of hydrogen-bond acceptors (Lipinski definition) is 4. The Balaban J connectivity index is 2.61. The van der Waals surface area contributed by atoms with Crippen molar-refractivity contribution in [3.63, 3.8) is 0 Å². The van der Waals surface area contributed by atoms with E-state index in [1.54, 1.807) is 11.8 Å². The summed E-state index contributed by atoms with van der Waals surface area (Å²) in [4.78, 5) is 8.82. The zero-order valence-corrected chi connectivity index (χ0v) is 9.48. The van der Waals surface area contributed by atoms with Crippen molar-refractivity contribution < 1.29 is 0 Å². The summed E-state index contributed by atoms with van der Waals surface area (Å²) in [6.45, 7) is 6.32. The van der Waals surface area contributed by atoms with E-state index in [2.05, 4.69) is 36.1 Å². The molecule has 0 saturated carbocycles. The first-order valence-electron chi connectivity index (χ1n) is 4.54. The topological polar surface area (TPSA) is 36.8 Å². The summed E-state index contributed by atoms with van der Waals surface area (Å²) >= 11 is 1.60. The van der Waals surface area contributed by atoms with Gasteiger partial charge >= 0.3 is 0 Å². The second-order valence-electron chi connectivity index (χ2n) is 3.50. The number of aliphatic imine (C=N–C) groups is 2. The Bertz CT molecular complexity index is 233. The quantitative estimate of drug-likeness (QED) is 0.737. The predicted octanol–water partition coefficient (Wildman–Crippen LogP) is 1.89. The maximum absolute atomic E-state index is 4.47. The Hall–Kier alpha value is -0.350. The van der Waals surface area contributed by atoms with Crippen LogP contribution >= 0.6 is 11.8 Å². The largest absolute Gasteiger partial charge is 0.293 e. The summed E-state index contributed by atoms with van der Waals surface area (Å²) in [5.74, 6) is 0. The van der Waals surface area contributed by atoms with E-state index in [-0.39, 0.29) is 6.17 Å². The van der Waals surface area contributed by atoms with Crippen molar-refractivity contribution in [2.75, 3.05) is 6.26 Å². The number of nitrogens with one attached hydrogen (secondary N) is 1. The van der Waals surface area contributed by atoms with Crippen molar-refractivity contribution >= 4 is 22.6 Å². The van der Waals surface area contributed by atoms with E-state index in [0.29, 0.717) is 6.04 Å². The minimum atomic E-state index is 0.222. The molecule has 0 aromatic rings. The van der Waals surface area contributed by atoms with Crippen molar-refractivity contribution in [2.24, 2.45) is 9.98 Å². The fourth-order valence-electron chi connectivity index (χ4n) is 1.28. The third-order valence-electron chi connectivity index (χ3n) is 1.75. The van der Waals surface area contributed by atoms with Gasteiger partial charge in [-0.3, -0.25) is 5.32 Å². The van der Waals surface area contributed by atoms with Gasteiger partial charge in [0.2, 0.25) is 0 Å². The third kappa shape index (κ3) is 3.48. The highest BCUT2D eigenvalue weighted by Gasteiger charge is 2.15. The summed E-state index contributed by atoms with van der Waals surface area (Å²) in [6, 6.07) is 0.475. The van der Waals surface area contributed by atoms with Crippen LogP contribution in [0, 0.1) is 0 Å². The molecular weight excluding hydrogens is 182 g/mol. The van der Waals surface area contributed by atoms with E-state index < -0.39 is 0 Å². The minimum absolute atomic E-state index is 0.222. The molecule has 1 unspecified atom stereocenters. The summed E-state index contributed by atoms with van der Waals surface area (Å²) in [7, 11) is 0. The molecule has 0 amide bonds. The first kappa shape index (κ1) is 10.7. The van der Waals surface area contributed by atoms with Crippen LogP contribution in [-0.2, 0) is 0 Å². The van der Waals surface area contributed by atoms with E-state index in [1.807, 2.05) is 6.26 Å². The number of nitrogens with zero attached hydrogens (tertiary/aromatic N) is 2. The molecule has 0 aromatic heterocycles. The van der Waals surface area contributed by atoms with Gasteiger partial charge in [0.15, 0.2) is 5.17 Å². The van der Waals surface area contributed by atoms with Crippen LogP contribution in [0.15, 0.2) is 9.98 Å². The SMILES string of the molecule is CSC1=NC(NC(C)C)CC(C)=N1. The van der Waals surface area contributed by atoms with Gasteiger partial charge in [0.25, 0.3) is 0 Å². The number of hydrogen-bond donors (Lipinski definition) is 1. The third-order valence-corrected chi connectivity index (χ3v) is 2.31. The fourth-order valence-corrected chi connectivity index (χ4v) is 1.76. The lowest BCUT2D eigenvalue weighted by Gasteiger charge is -2.21. The zero-order chi connectivity index (χ0) is 9.84. The Kier molecular flexibility index (Phi) is 3.93. The molecule has 74 valence electrons. The smallest absolute Gasteiger partial charge is 0.184 e. The Morgan fingerprint density at radius 3 is 2.77 bits per heavy atom. The first-order chi connectivity index (χ1) is 6.11. The van der Waals surface area contributed by atoms with Crippen LogP contribution in [0.3, 0.4) is 0 Å². The molecule has 0 fully saturated rings. The fraction of sp³-hybridized carbons (Fsp3) is 0.778. The Morgan fingerprint density at radius 2 is 2.23 bits per heavy atom. The van der Waals surface area contributed by atoms with E-state index in [4.69, 9.17) is 0 Å². The molecule has 4 heteroatoms. The molecule has 0 spiro atoms. The second kappa shape index (κ2) is 4.77. The van der Waals surface area contributed by atoms with Crippen molar-refractivity contribution in [1.29, 1.82) is 0 Å². The van der Waals surface area contributed by atoms with Crippen molar-refractivity contribution in [3.05, 3.63) is 0 Å². The van der Waals surface area contributed by atoms with E-state index in [0.717, 1.165) is 17.3 Å². The lowest BCUT2D eigenvalue weighted by atomic mass is 10.2. The van der Waals surface area contributed by atoms with Crippen LogP contribution in [-0.4, -0.2) is 29.3 Å². The highest BCUT2D eigenvalue weighted by atomic mass is 32.2. The van der Waals surface area contributed by atoms with Gasteiger partial charge in [-0.05, 0) is 27.0 Å². The first-order valence-corrected chi connectivity index (χ1v) is 5.76. The molecule has 1 rings (SSSR count). The van der Waals surface area contributed by atoms with Gasteiger partial charge in [0, 0.05) is 18.2 Å². The van der Waals surface area contributed by atoms with Crippen LogP contribution in [0.2, 0.25) is 0 Å². The van der Waals surface area contributed by atoms with Crippen LogP contribution < -0.4 is 5.32 Å². The molecule has 1 aliphatic heterocycles. The second-order valence-corrected chi connectivity index (χ2v) is 4.28. The maximum Gasteiger partial charge on any atom is 0.184 e. The average Bonchev–Trinajstić information content (AvgIpc) is 2.01. The highest BCUT2D eigenvalue weighted by molar-refractivity contribution is 8.13. The molecule has 0 aliphatic carbocycles. The normalized spacial score (nSPS) is 23.0. The van der Waals surface area contributed by atoms with Crippen molar-refractivity contribution in [1.82, 2.24) is 5.32 Å². The lowest BCUT2D eigenvalue weighted by molar-refractivity contribution is 0.484. The lowest BCUT2D eigenvalue weighted by Crippen LogP contribution is -2.36. The van der Waals surface area contributed by atoms with Gasteiger partial charge in [-0.25, -0.2) is 9.98 Å². The summed E-state index contributed by atoms with van der Waals surface area (Å²) in [5.41, 5.74) is 1.16. The highest BCUT2D eigenvalue weighted by Crippen LogP contribution is 2.12. The zero-order valence-electron chi connectivity index (χ0n) is 8.66. The Labute approximate surface area is 84.1 Å². The standard InChI is InChI=1S/C9H17N3S/c1-6(2)10-8-5-7(3)11-9(12-8)13-4/h6,8,10H,5H2,1-4H3. The molecule has 1 aliphatic rings. The van der Waals surface area contributed by atoms with Crippen LogP contribution in [0.25, 0.3) is 0 Å². The van der Waals surface area contributed by atoms with E-state index >= 15 is 0 Å². The van der Waals surface area contributed by atoms with Gasteiger partial charge in [0.1, 0.15) is 6.17 Å². The van der Waals surface area contributed by atoms with Crippen LogP contribution in [0.4, 0.5) is 0 Å². The van der Waals surface area contributed by atoms with Crippen molar-refractivity contribution in [3.8, 4) is 0 Å². The Morgan fingerprint density at radius 1 is 1.54 bits per heavy atom. The molecule has 1 heterocycles. The molecule has 0 aromatic carbocycles. The molecule has 1 atom stereocenters.